The fraction of sp³-hybridized carbons (Fsp3) is 0.706. The number of thiophene rings is 1. The quantitative estimate of drug-likeness (QED) is 0.264. The number of halogens is 1. The highest BCUT2D eigenvalue weighted by Gasteiger charge is 2.42. The van der Waals surface area contributed by atoms with Crippen molar-refractivity contribution in [2.45, 2.75) is 31.6 Å². The minimum atomic E-state index is -3.46. The van der Waals surface area contributed by atoms with Crippen molar-refractivity contribution >= 4 is 51.3 Å². The lowest BCUT2D eigenvalue weighted by atomic mass is 9.87. The summed E-state index contributed by atoms with van der Waals surface area (Å²) in [6.45, 7) is 8.16. The van der Waals surface area contributed by atoms with Crippen molar-refractivity contribution in [1.82, 2.24) is 14.9 Å². The number of likely N-dealkylation sites (tertiary alicyclic amines) is 1. The highest BCUT2D eigenvalue weighted by atomic mass is 127. The van der Waals surface area contributed by atoms with Gasteiger partial charge < -0.3 is 15.0 Å². The number of hydrogen-bond donors (Lipinski definition) is 2. The van der Waals surface area contributed by atoms with Crippen molar-refractivity contribution in [1.29, 1.82) is 0 Å². The number of ether oxygens (including phenoxy) is 1. The van der Waals surface area contributed by atoms with Gasteiger partial charge in [-0.1, -0.05) is 0 Å². The van der Waals surface area contributed by atoms with Gasteiger partial charge in [0.1, 0.15) is 0 Å². The molecule has 2 saturated heterocycles. The fourth-order valence-corrected chi connectivity index (χ4v) is 6.32. The van der Waals surface area contributed by atoms with Crippen molar-refractivity contribution in [3.05, 3.63) is 15.8 Å². The van der Waals surface area contributed by atoms with Gasteiger partial charge in [0.15, 0.2) is 5.96 Å². The summed E-state index contributed by atoms with van der Waals surface area (Å²) < 4.78 is 33.1. The Kier molecular flexibility index (Phi) is 7.94. The maximum absolute atomic E-state index is 12.4. The third kappa shape index (κ3) is 5.34. The van der Waals surface area contributed by atoms with Crippen LogP contribution in [0.3, 0.4) is 0 Å². The molecule has 7 nitrogen and oxygen atoms in total. The number of nitrogens with one attached hydrogen (secondary N) is 2. The second kappa shape index (κ2) is 9.38. The SMILES string of the molecule is CN=C(NCCNS(=O)(=O)c1cc(C)sc1C)N1CCC2(CCOC2)C1.I. The number of hydrogen-bond acceptors (Lipinski definition) is 5. The molecule has 2 N–H and O–H groups in total. The lowest BCUT2D eigenvalue weighted by molar-refractivity contribution is 0.156. The van der Waals surface area contributed by atoms with Gasteiger partial charge in [-0.15, -0.1) is 35.3 Å². The summed E-state index contributed by atoms with van der Waals surface area (Å²) in [5, 5.41) is 3.27. The summed E-state index contributed by atoms with van der Waals surface area (Å²) in [6, 6.07) is 1.72. The number of rotatable bonds is 5. The Balaban J connectivity index is 0.00000261. The molecule has 0 bridgehead atoms. The van der Waals surface area contributed by atoms with Gasteiger partial charge in [0.2, 0.25) is 10.0 Å². The van der Waals surface area contributed by atoms with E-state index < -0.39 is 10.0 Å². The lowest BCUT2D eigenvalue weighted by Gasteiger charge is -2.25. The molecule has 0 aliphatic carbocycles. The third-order valence-electron chi connectivity index (χ3n) is 5.12. The number of aliphatic imine (C=N–C) groups is 1. The zero-order valence-corrected chi connectivity index (χ0v) is 20.0. The second-order valence-electron chi connectivity index (χ2n) is 7.12. The van der Waals surface area contributed by atoms with E-state index in [1.165, 1.54) is 11.3 Å². The van der Waals surface area contributed by atoms with Gasteiger partial charge in [-0.3, -0.25) is 4.99 Å². The Morgan fingerprint density at radius 3 is 2.74 bits per heavy atom. The van der Waals surface area contributed by atoms with E-state index in [4.69, 9.17) is 4.74 Å². The molecule has 1 unspecified atom stereocenters. The van der Waals surface area contributed by atoms with Crippen molar-refractivity contribution in [2.75, 3.05) is 46.4 Å². The average Bonchev–Trinajstić information content (AvgIpc) is 3.30. The van der Waals surface area contributed by atoms with Gasteiger partial charge in [-0.2, -0.15) is 0 Å². The summed E-state index contributed by atoms with van der Waals surface area (Å²) in [4.78, 5) is 8.80. The Hall–Kier alpha value is -0.430. The molecule has 0 aromatic carbocycles. The van der Waals surface area contributed by atoms with E-state index in [9.17, 15) is 8.42 Å². The van der Waals surface area contributed by atoms with Crippen LogP contribution in [0.2, 0.25) is 0 Å². The van der Waals surface area contributed by atoms with Crippen LogP contribution in [0, 0.1) is 19.3 Å². The van der Waals surface area contributed by atoms with E-state index in [0.29, 0.717) is 18.0 Å². The highest BCUT2D eigenvalue weighted by Crippen LogP contribution is 2.38. The van der Waals surface area contributed by atoms with E-state index in [0.717, 1.165) is 54.9 Å². The summed E-state index contributed by atoms with van der Waals surface area (Å²) in [5.41, 5.74) is 0.271. The van der Waals surface area contributed by atoms with Crippen molar-refractivity contribution in [3.8, 4) is 0 Å². The van der Waals surface area contributed by atoms with Crippen molar-refractivity contribution in [3.63, 3.8) is 0 Å². The molecule has 3 heterocycles. The number of aryl methyl sites for hydroxylation is 2. The van der Waals surface area contributed by atoms with Gasteiger partial charge >= 0.3 is 0 Å². The van der Waals surface area contributed by atoms with Gasteiger partial charge in [-0.25, -0.2) is 13.1 Å². The van der Waals surface area contributed by atoms with Gasteiger partial charge in [0.25, 0.3) is 0 Å². The molecule has 2 aliphatic heterocycles. The van der Waals surface area contributed by atoms with Crippen LogP contribution in [0.5, 0.6) is 0 Å². The molecule has 27 heavy (non-hydrogen) atoms. The van der Waals surface area contributed by atoms with E-state index >= 15 is 0 Å². The molecule has 2 fully saturated rings. The van der Waals surface area contributed by atoms with E-state index in [-0.39, 0.29) is 29.4 Å². The van der Waals surface area contributed by atoms with Crippen LogP contribution in [0.25, 0.3) is 0 Å². The monoisotopic (exact) mass is 528 g/mol. The van der Waals surface area contributed by atoms with Crippen LogP contribution in [0.15, 0.2) is 16.0 Å². The maximum atomic E-state index is 12.4. The Labute approximate surface area is 183 Å². The summed E-state index contributed by atoms with van der Waals surface area (Å²) >= 11 is 1.50. The summed E-state index contributed by atoms with van der Waals surface area (Å²) in [5.74, 6) is 0.829. The van der Waals surface area contributed by atoms with Gasteiger partial charge in [0, 0.05) is 55.0 Å². The lowest BCUT2D eigenvalue weighted by Crippen LogP contribution is -2.44. The van der Waals surface area contributed by atoms with Crippen LogP contribution in [0.4, 0.5) is 0 Å². The smallest absolute Gasteiger partial charge is 0.241 e. The highest BCUT2D eigenvalue weighted by molar-refractivity contribution is 14.0. The summed E-state index contributed by atoms with van der Waals surface area (Å²) in [6.07, 6.45) is 2.23. The van der Waals surface area contributed by atoms with Crippen molar-refractivity contribution in [2.24, 2.45) is 10.4 Å². The molecule has 3 rings (SSSR count). The molecular weight excluding hydrogens is 499 g/mol. The van der Waals surface area contributed by atoms with Gasteiger partial charge in [0.05, 0.1) is 11.5 Å². The van der Waals surface area contributed by atoms with Gasteiger partial charge in [-0.05, 0) is 32.8 Å². The Bertz CT molecular complexity index is 773. The average molecular weight is 528 g/mol. The van der Waals surface area contributed by atoms with Crippen LogP contribution in [-0.4, -0.2) is 65.7 Å². The molecule has 1 aromatic heterocycles. The van der Waals surface area contributed by atoms with E-state index in [1.54, 1.807) is 13.1 Å². The molecule has 10 heteroatoms. The maximum Gasteiger partial charge on any atom is 0.241 e. The first-order valence-corrected chi connectivity index (χ1v) is 11.3. The number of sulfonamides is 1. The zero-order valence-electron chi connectivity index (χ0n) is 16.1. The largest absolute Gasteiger partial charge is 0.381 e. The second-order valence-corrected chi connectivity index (χ2v) is 10.3. The Morgan fingerprint density at radius 2 is 2.15 bits per heavy atom. The first-order valence-electron chi connectivity index (χ1n) is 8.95. The molecule has 1 aromatic rings. The zero-order chi connectivity index (χ0) is 18.8. The molecular formula is C17H29IN4O3S2. The minimum Gasteiger partial charge on any atom is -0.381 e. The standard InChI is InChI=1S/C17H28N4O3S2.HI/c1-13-10-15(14(2)25-13)26(22,23)20-7-6-19-16(18-3)21-8-4-17(11-21)5-9-24-12-17;/h10,20H,4-9,11-12H2,1-3H3,(H,18,19);1H. The fourth-order valence-electron chi connectivity index (χ4n) is 3.73. The molecule has 154 valence electrons. The van der Waals surface area contributed by atoms with Crippen LogP contribution in [0.1, 0.15) is 22.6 Å². The number of nitrogens with zero attached hydrogens (tertiary/aromatic N) is 2. The van der Waals surface area contributed by atoms with E-state index in [2.05, 4.69) is 19.9 Å². The van der Waals surface area contributed by atoms with E-state index in [1.807, 2.05) is 13.8 Å². The third-order valence-corrected chi connectivity index (χ3v) is 7.80. The van der Waals surface area contributed by atoms with Crippen LogP contribution < -0.4 is 10.0 Å². The molecule has 0 amide bonds. The molecule has 1 atom stereocenters. The molecule has 0 saturated carbocycles. The Morgan fingerprint density at radius 1 is 1.37 bits per heavy atom. The number of guanidine groups is 1. The normalized spacial score (nSPS) is 23.1. The predicted octanol–water partition coefficient (Wildman–Crippen LogP) is 1.95. The van der Waals surface area contributed by atoms with Crippen LogP contribution in [-0.2, 0) is 14.8 Å². The first-order chi connectivity index (χ1) is 12.4. The molecule has 0 radical (unpaired) electrons. The minimum absolute atomic E-state index is 0. The molecule has 2 aliphatic rings. The topological polar surface area (TPSA) is 83.0 Å². The first kappa shape index (κ1) is 22.9. The van der Waals surface area contributed by atoms with Crippen LogP contribution >= 0.6 is 35.3 Å². The molecule has 1 spiro atoms. The summed E-state index contributed by atoms with van der Waals surface area (Å²) in [7, 11) is -1.70. The predicted molar refractivity (Wildman–Crippen MR) is 120 cm³/mol. The van der Waals surface area contributed by atoms with Crippen molar-refractivity contribution < 1.29 is 13.2 Å².